The molecule has 1 aliphatic heterocycles. The molecule has 1 aromatic rings. The number of ether oxygens (including phenoxy) is 1. The number of nitrogens with two attached hydrogens (primary N) is 1. The number of benzene rings is 1. The van der Waals surface area contributed by atoms with Gasteiger partial charge in [0.25, 0.3) is 0 Å². The lowest BCUT2D eigenvalue weighted by molar-refractivity contribution is -0.142. The standard InChI is InChI=1S/C19H26N2O3/c1-3-18(16(20)22)9-4-12-21(13-18)17(23)19(10-11-19)14-5-7-15(24-2)8-6-14/h5-8H,3-4,9-13H2,1-2H3,(H2,20,22). The van der Waals surface area contributed by atoms with Gasteiger partial charge in [0.05, 0.1) is 17.9 Å². The predicted molar refractivity (Wildman–Crippen MR) is 91.6 cm³/mol. The second-order valence-electron chi connectivity index (χ2n) is 7.14. The summed E-state index contributed by atoms with van der Waals surface area (Å²) in [5.74, 6) is 0.655. The average molecular weight is 330 g/mol. The highest BCUT2D eigenvalue weighted by Gasteiger charge is 2.54. The van der Waals surface area contributed by atoms with Crippen LogP contribution in [0.15, 0.2) is 24.3 Å². The van der Waals surface area contributed by atoms with Gasteiger partial charge in [0.1, 0.15) is 5.75 Å². The first-order valence-electron chi connectivity index (χ1n) is 8.71. The first-order chi connectivity index (χ1) is 11.5. The monoisotopic (exact) mass is 330 g/mol. The second kappa shape index (κ2) is 6.11. The topological polar surface area (TPSA) is 72.6 Å². The summed E-state index contributed by atoms with van der Waals surface area (Å²) in [6.07, 6.45) is 4.02. The number of primary amides is 1. The minimum absolute atomic E-state index is 0.145. The largest absolute Gasteiger partial charge is 0.497 e. The van der Waals surface area contributed by atoms with E-state index in [-0.39, 0.29) is 11.8 Å². The predicted octanol–water partition coefficient (Wildman–Crippen LogP) is 2.23. The molecule has 2 N–H and O–H groups in total. The fraction of sp³-hybridized carbons (Fsp3) is 0.579. The minimum Gasteiger partial charge on any atom is -0.497 e. The molecule has 24 heavy (non-hydrogen) atoms. The van der Waals surface area contributed by atoms with E-state index >= 15 is 0 Å². The van der Waals surface area contributed by atoms with Crippen molar-refractivity contribution >= 4 is 11.8 Å². The molecule has 5 nitrogen and oxygen atoms in total. The van der Waals surface area contributed by atoms with E-state index in [9.17, 15) is 9.59 Å². The molecule has 3 rings (SSSR count). The summed E-state index contributed by atoms with van der Waals surface area (Å²) < 4.78 is 5.20. The number of likely N-dealkylation sites (tertiary alicyclic amines) is 1. The summed E-state index contributed by atoms with van der Waals surface area (Å²) in [5.41, 5.74) is 5.71. The van der Waals surface area contributed by atoms with E-state index < -0.39 is 10.8 Å². The first-order valence-corrected chi connectivity index (χ1v) is 8.71. The normalized spacial score (nSPS) is 25.2. The van der Waals surface area contributed by atoms with Crippen molar-refractivity contribution in [3.63, 3.8) is 0 Å². The number of nitrogens with zero attached hydrogens (tertiary/aromatic N) is 1. The number of methoxy groups -OCH3 is 1. The Kier molecular flexibility index (Phi) is 4.28. The maximum Gasteiger partial charge on any atom is 0.233 e. The lowest BCUT2D eigenvalue weighted by Gasteiger charge is -2.41. The molecule has 130 valence electrons. The van der Waals surface area contributed by atoms with Gasteiger partial charge in [-0.2, -0.15) is 0 Å². The third-order valence-electron chi connectivity index (χ3n) is 5.87. The number of hydrogen-bond acceptors (Lipinski definition) is 3. The van der Waals surface area contributed by atoms with Crippen LogP contribution in [0.2, 0.25) is 0 Å². The second-order valence-corrected chi connectivity index (χ2v) is 7.14. The molecule has 1 atom stereocenters. The number of rotatable bonds is 5. The molecule has 0 radical (unpaired) electrons. The maximum absolute atomic E-state index is 13.2. The van der Waals surface area contributed by atoms with Crippen molar-refractivity contribution in [2.45, 2.75) is 44.4 Å². The minimum atomic E-state index is -0.566. The van der Waals surface area contributed by atoms with Crippen LogP contribution in [0.5, 0.6) is 5.75 Å². The lowest BCUT2D eigenvalue weighted by atomic mass is 9.76. The van der Waals surface area contributed by atoms with Crippen LogP contribution in [0.4, 0.5) is 0 Å². The molecule has 0 aromatic heterocycles. The van der Waals surface area contributed by atoms with Crippen molar-refractivity contribution in [3.05, 3.63) is 29.8 Å². The highest BCUT2D eigenvalue weighted by molar-refractivity contribution is 5.92. The van der Waals surface area contributed by atoms with Crippen molar-refractivity contribution in [2.75, 3.05) is 20.2 Å². The molecule has 2 amide bonds. The molecule has 0 bridgehead atoms. The fourth-order valence-electron chi connectivity index (χ4n) is 3.93. The van der Waals surface area contributed by atoms with Crippen molar-refractivity contribution < 1.29 is 14.3 Å². The quantitative estimate of drug-likeness (QED) is 0.900. The Morgan fingerprint density at radius 3 is 2.38 bits per heavy atom. The van der Waals surface area contributed by atoms with E-state index in [0.29, 0.717) is 19.5 Å². The molecule has 1 saturated carbocycles. The van der Waals surface area contributed by atoms with Crippen LogP contribution in [0.25, 0.3) is 0 Å². The molecule has 1 heterocycles. The number of hydrogen-bond donors (Lipinski definition) is 1. The zero-order valence-electron chi connectivity index (χ0n) is 14.5. The van der Waals surface area contributed by atoms with Gasteiger partial charge in [0, 0.05) is 13.1 Å². The van der Waals surface area contributed by atoms with Crippen molar-refractivity contribution in [3.8, 4) is 5.75 Å². The van der Waals surface area contributed by atoms with Gasteiger partial charge in [-0.1, -0.05) is 19.1 Å². The zero-order chi connectivity index (χ0) is 17.4. The zero-order valence-corrected chi connectivity index (χ0v) is 14.5. The Balaban J connectivity index is 1.81. The van der Waals surface area contributed by atoms with Gasteiger partial charge in [-0.25, -0.2) is 0 Å². The Hall–Kier alpha value is -2.04. The smallest absolute Gasteiger partial charge is 0.233 e. The van der Waals surface area contributed by atoms with Gasteiger partial charge < -0.3 is 15.4 Å². The van der Waals surface area contributed by atoms with E-state index in [1.54, 1.807) is 7.11 Å². The molecule has 1 saturated heterocycles. The molecule has 2 fully saturated rings. The van der Waals surface area contributed by atoms with Crippen LogP contribution in [0.1, 0.15) is 44.6 Å². The van der Waals surface area contributed by atoms with Crippen molar-refractivity contribution in [1.82, 2.24) is 4.90 Å². The van der Waals surface area contributed by atoms with Crippen LogP contribution in [-0.2, 0) is 15.0 Å². The van der Waals surface area contributed by atoms with Gasteiger partial charge in [-0.15, -0.1) is 0 Å². The third-order valence-corrected chi connectivity index (χ3v) is 5.87. The van der Waals surface area contributed by atoms with E-state index in [1.165, 1.54) is 0 Å². The Morgan fingerprint density at radius 1 is 1.21 bits per heavy atom. The SMILES string of the molecule is CCC1(C(N)=O)CCCN(C(=O)C2(c3ccc(OC)cc3)CC2)C1. The van der Waals surface area contributed by atoms with Crippen LogP contribution in [-0.4, -0.2) is 36.9 Å². The van der Waals surface area contributed by atoms with Gasteiger partial charge in [-0.3, -0.25) is 9.59 Å². The van der Waals surface area contributed by atoms with E-state index in [0.717, 1.165) is 37.0 Å². The van der Waals surface area contributed by atoms with E-state index in [2.05, 4.69) is 0 Å². The molecular formula is C19H26N2O3. The summed E-state index contributed by atoms with van der Waals surface area (Å²) in [6, 6.07) is 7.76. The molecule has 5 heteroatoms. The molecular weight excluding hydrogens is 304 g/mol. The summed E-state index contributed by atoms with van der Waals surface area (Å²) in [5, 5.41) is 0. The van der Waals surface area contributed by atoms with E-state index in [4.69, 9.17) is 10.5 Å². The van der Waals surface area contributed by atoms with Crippen LogP contribution < -0.4 is 10.5 Å². The summed E-state index contributed by atoms with van der Waals surface area (Å²) in [4.78, 5) is 27.0. The Labute approximate surface area is 143 Å². The molecule has 1 unspecified atom stereocenters. The summed E-state index contributed by atoms with van der Waals surface area (Å²) >= 11 is 0. The van der Waals surface area contributed by atoms with Gasteiger partial charge in [0.15, 0.2) is 0 Å². The average Bonchev–Trinajstić information content (AvgIpc) is 3.43. The summed E-state index contributed by atoms with van der Waals surface area (Å²) in [7, 11) is 1.63. The Bertz CT molecular complexity index is 637. The van der Waals surface area contributed by atoms with Crippen LogP contribution in [0, 0.1) is 5.41 Å². The van der Waals surface area contributed by atoms with Gasteiger partial charge in [0.2, 0.25) is 11.8 Å². The van der Waals surface area contributed by atoms with Gasteiger partial charge in [-0.05, 0) is 49.8 Å². The van der Waals surface area contributed by atoms with Crippen LogP contribution >= 0.6 is 0 Å². The van der Waals surface area contributed by atoms with E-state index in [1.807, 2.05) is 36.1 Å². The van der Waals surface area contributed by atoms with Crippen molar-refractivity contribution in [1.29, 1.82) is 0 Å². The summed E-state index contributed by atoms with van der Waals surface area (Å²) in [6.45, 7) is 3.15. The Morgan fingerprint density at radius 2 is 1.88 bits per heavy atom. The number of carbonyl (C=O) groups is 2. The molecule has 1 aromatic carbocycles. The highest BCUT2D eigenvalue weighted by atomic mass is 16.5. The fourth-order valence-corrected chi connectivity index (χ4v) is 3.93. The lowest BCUT2D eigenvalue weighted by Crippen LogP contribution is -2.54. The number of carbonyl (C=O) groups excluding carboxylic acids is 2. The highest BCUT2D eigenvalue weighted by Crippen LogP contribution is 2.50. The van der Waals surface area contributed by atoms with Gasteiger partial charge >= 0.3 is 0 Å². The molecule has 1 aliphatic carbocycles. The molecule has 0 spiro atoms. The third kappa shape index (κ3) is 2.66. The number of piperidine rings is 1. The maximum atomic E-state index is 13.2. The first kappa shape index (κ1) is 16.8. The van der Waals surface area contributed by atoms with Crippen LogP contribution in [0.3, 0.4) is 0 Å². The molecule has 2 aliphatic rings. The van der Waals surface area contributed by atoms with Crippen molar-refractivity contribution in [2.24, 2.45) is 11.1 Å². The number of amides is 2.